The zero-order valence-electron chi connectivity index (χ0n) is 7.93. The highest BCUT2D eigenvalue weighted by Crippen LogP contribution is 3.02. The summed E-state index contributed by atoms with van der Waals surface area (Å²) < 4.78 is 74.4. The van der Waals surface area contributed by atoms with Crippen LogP contribution in [0.5, 0.6) is 0 Å². The van der Waals surface area contributed by atoms with Crippen LogP contribution in [0.3, 0.4) is 0 Å². The third kappa shape index (κ3) is 3.16. The average molecular weight is 263 g/mol. The van der Waals surface area contributed by atoms with Gasteiger partial charge in [0, 0.05) is 6.21 Å². The number of benzene rings is 1. The van der Waals surface area contributed by atoms with Crippen LogP contribution in [0.1, 0.15) is 6.92 Å². The van der Waals surface area contributed by atoms with Crippen molar-refractivity contribution in [2.45, 2.75) is 11.8 Å². The van der Waals surface area contributed by atoms with Gasteiger partial charge in [-0.2, -0.15) is 0 Å². The van der Waals surface area contributed by atoms with E-state index >= 15 is 0 Å². The van der Waals surface area contributed by atoms with Crippen molar-refractivity contribution in [1.82, 2.24) is 0 Å². The second-order valence-corrected chi connectivity index (χ2v) is 5.41. The average Bonchev–Trinajstić information content (AvgIpc) is 1.99. The standard InChI is InChI=1S/C8H7F6NS/c1-2-15-7-3-6(9)4-8(5-7)16(10,11,12,13)14/h2-5H,1H3/b15-2+. The fourth-order valence-electron chi connectivity index (χ4n) is 0.994. The Balaban J connectivity index is 3.49. The maximum atomic E-state index is 12.7. The molecule has 1 nitrogen and oxygen atoms in total. The Kier molecular flexibility index (Phi) is 2.36. The van der Waals surface area contributed by atoms with Crippen LogP contribution in [-0.4, -0.2) is 6.21 Å². The van der Waals surface area contributed by atoms with Crippen LogP contribution in [0.15, 0.2) is 28.1 Å². The molecule has 0 unspecified atom stereocenters. The van der Waals surface area contributed by atoms with Gasteiger partial charge in [0.2, 0.25) is 0 Å². The maximum Gasteiger partial charge on any atom is 0.310 e. The molecule has 0 saturated carbocycles. The fourth-order valence-corrected chi connectivity index (χ4v) is 1.67. The zero-order valence-corrected chi connectivity index (χ0v) is 8.75. The lowest BCUT2D eigenvalue weighted by atomic mass is 10.3. The van der Waals surface area contributed by atoms with Crippen LogP contribution in [0, 0.1) is 5.82 Å². The lowest BCUT2D eigenvalue weighted by molar-refractivity contribution is 0.363. The van der Waals surface area contributed by atoms with Crippen LogP contribution in [0.2, 0.25) is 0 Å². The molecule has 0 amide bonds. The molecule has 1 aromatic carbocycles. The Labute approximate surface area is 87.5 Å². The highest BCUT2D eigenvalue weighted by Gasteiger charge is 2.65. The Bertz CT molecular complexity index is 449. The van der Waals surface area contributed by atoms with Crippen molar-refractivity contribution in [3.05, 3.63) is 24.0 Å². The molecule has 0 heterocycles. The summed E-state index contributed by atoms with van der Waals surface area (Å²) in [6.45, 7) is 1.37. The molecule has 0 radical (unpaired) electrons. The van der Waals surface area contributed by atoms with Gasteiger partial charge in [-0.1, -0.05) is 19.4 Å². The molecule has 0 N–H and O–H groups in total. The van der Waals surface area contributed by atoms with Crippen molar-refractivity contribution in [2.24, 2.45) is 4.99 Å². The summed E-state index contributed by atoms with van der Waals surface area (Å²) >= 11 is 0. The minimum atomic E-state index is -9.84. The number of aliphatic imine (C=N–C) groups is 1. The van der Waals surface area contributed by atoms with Gasteiger partial charge < -0.3 is 0 Å². The smallest absolute Gasteiger partial charge is 0.261 e. The normalized spacial score (nSPS) is 17.2. The number of hydrogen-bond acceptors (Lipinski definition) is 1. The molecule has 0 fully saturated rings. The largest absolute Gasteiger partial charge is 0.310 e. The van der Waals surface area contributed by atoms with E-state index in [4.69, 9.17) is 0 Å². The summed E-state index contributed by atoms with van der Waals surface area (Å²) in [7, 11) is -9.84. The quantitative estimate of drug-likeness (QED) is 0.513. The van der Waals surface area contributed by atoms with Gasteiger partial charge >= 0.3 is 10.2 Å². The van der Waals surface area contributed by atoms with E-state index in [1.54, 1.807) is 0 Å². The van der Waals surface area contributed by atoms with Crippen LogP contribution < -0.4 is 0 Å². The SMILES string of the molecule is C/C=N/c1cc(F)cc(S(F)(F)(F)(F)F)c1. The molecule has 0 aromatic heterocycles. The van der Waals surface area contributed by atoms with Gasteiger partial charge in [0.05, 0.1) is 5.69 Å². The number of rotatable bonds is 2. The molecule has 0 aliphatic heterocycles. The number of halogens is 6. The molecule has 0 bridgehead atoms. The number of hydrogen-bond donors (Lipinski definition) is 0. The first-order chi connectivity index (χ1) is 6.92. The summed E-state index contributed by atoms with van der Waals surface area (Å²) in [5.74, 6) is -1.41. The monoisotopic (exact) mass is 263 g/mol. The molecule has 0 spiro atoms. The first-order valence-corrected chi connectivity index (χ1v) is 5.91. The van der Waals surface area contributed by atoms with E-state index in [9.17, 15) is 23.8 Å². The molecule has 92 valence electrons. The van der Waals surface area contributed by atoms with Crippen molar-refractivity contribution in [3.8, 4) is 0 Å². The topological polar surface area (TPSA) is 12.4 Å². The van der Waals surface area contributed by atoms with Crippen LogP contribution in [0.25, 0.3) is 0 Å². The predicted octanol–water partition coefficient (Wildman–Crippen LogP) is 5.21. The van der Waals surface area contributed by atoms with Crippen molar-refractivity contribution in [1.29, 1.82) is 0 Å². The molecule has 0 saturated heterocycles. The predicted molar refractivity (Wildman–Crippen MR) is 51.6 cm³/mol. The molecular formula is C8H7F6NS. The highest BCUT2D eigenvalue weighted by molar-refractivity contribution is 8.45. The molecule has 1 rings (SSSR count). The van der Waals surface area contributed by atoms with Gasteiger partial charge in [0.25, 0.3) is 0 Å². The molecule has 0 atom stereocenters. The van der Waals surface area contributed by atoms with Crippen molar-refractivity contribution < 1.29 is 23.8 Å². The highest BCUT2D eigenvalue weighted by atomic mass is 32.5. The molecule has 16 heavy (non-hydrogen) atoms. The molecule has 1 aromatic rings. The van der Waals surface area contributed by atoms with Crippen molar-refractivity contribution in [2.75, 3.05) is 0 Å². The lowest BCUT2D eigenvalue weighted by Gasteiger charge is -2.40. The van der Waals surface area contributed by atoms with E-state index in [0.29, 0.717) is 6.07 Å². The summed E-state index contributed by atoms with van der Waals surface area (Å²) in [5.41, 5.74) is -0.509. The molecule has 8 heteroatoms. The van der Waals surface area contributed by atoms with Gasteiger partial charge in [-0.05, 0) is 25.1 Å². The van der Waals surface area contributed by atoms with E-state index in [1.165, 1.54) is 6.92 Å². The molecular weight excluding hydrogens is 256 g/mol. The summed E-state index contributed by atoms with van der Waals surface area (Å²) in [6.07, 6.45) is 1.07. The van der Waals surface area contributed by atoms with E-state index in [-0.39, 0.29) is 12.1 Å². The zero-order chi connectivity index (χ0) is 12.7. The van der Waals surface area contributed by atoms with Crippen molar-refractivity contribution >= 4 is 22.1 Å². The first-order valence-electron chi connectivity index (χ1n) is 3.96. The maximum absolute atomic E-state index is 12.7. The van der Waals surface area contributed by atoms with Crippen LogP contribution in [-0.2, 0) is 0 Å². The van der Waals surface area contributed by atoms with Gasteiger partial charge in [0.1, 0.15) is 10.7 Å². The van der Waals surface area contributed by atoms with Gasteiger partial charge in [0.15, 0.2) is 0 Å². The number of nitrogens with zero attached hydrogens (tertiary/aromatic N) is 1. The summed E-state index contributed by atoms with van der Waals surface area (Å²) in [6, 6.07) is 0.508. The lowest BCUT2D eigenvalue weighted by Crippen LogP contribution is -2.06. The van der Waals surface area contributed by atoms with Crippen LogP contribution >= 0.6 is 10.2 Å². The van der Waals surface area contributed by atoms with Gasteiger partial charge in [-0.25, -0.2) is 4.39 Å². The minimum Gasteiger partial charge on any atom is -0.261 e. The van der Waals surface area contributed by atoms with E-state index in [0.717, 1.165) is 6.21 Å². The van der Waals surface area contributed by atoms with Gasteiger partial charge in [-0.15, -0.1) is 0 Å². The third-order valence-corrected chi connectivity index (χ3v) is 2.71. The summed E-state index contributed by atoms with van der Waals surface area (Å²) in [4.78, 5) is 1.05. The van der Waals surface area contributed by atoms with E-state index in [1.807, 2.05) is 0 Å². The van der Waals surface area contributed by atoms with Crippen LogP contribution in [0.4, 0.5) is 29.5 Å². The second kappa shape index (κ2) is 2.93. The minimum absolute atomic E-state index is 0.116. The van der Waals surface area contributed by atoms with E-state index < -0.39 is 26.6 Å². The first kappa shape index (κ1) is 12.9. The van der Waals surface area contributed by atoms with Gasteiger partial charge in [-0.3, -0.25) is 4.99 Å². The second-order valence-electron chi connectivity index (χ2n) is 3.00. The Morgan fingerprint density at radius 1 is 1.06 bits per heavy atom. The molecule has 0 aliphatic rings. The van der Waals surface area contributed by atoms with Crippen molar-refractivity contribution in [3.63, 3.8) is 0 Å². The fraction of sp³-hybridized carbons (Fsp3) is 0.125. The Morgan fingerprint density at radius 2 is 1.62 bits per heavy atom. The molecule has 0 aliphatic carbocycles. The van der Waals surface area contributed by atoms with E-state index in [2.05, 4.69) is 4.99 Å². The Hall–Kier alpha value is -1.18. The third-order valence-electron chi connectivity index (χ3n) is 1.58. The summed E-state index contributed by atoms with van der Waals surface area (Å²) in [5, 5.41) is 0. The Morgan fingerprint density at radius 3 is 2.06 bits per heavy atom.